The van der Waals surface area contributed by atoms with Gasteiger partial charge in [-0.3, -0.25) is 19.3 Å². The molecule has 0 aromatic heterocycles. The van der Waals surface area contributed by atoms with Gasteiger partial charge >= 0.3 is 0 Å². The summed E-state index contributed by atoms with van der Waals surface area (Å²) in [6.45, 7) is 4.13. The Kier molecular flexibility index (Phi) is 5.81. The average Bonchev–Trinajstić information content (AvgIpc) is 3.57. The first kappa shape index (κ1) is 20.8. The Bertz CT molecular complexity index is 963. The molecule has 1 aromatic rings. The Balaban J connectivity index is 1.50. The maximum Gasteiger partial charge on any atom is 0.263 e. The zero-order valence-corrected chi connectivity index (χ0v) is 18.0. The molecule has 2 heterocycles. The first-order valence-corrected chi connectivity index (χ1v) is 12.2. The lowest BCUT2D eigenvalue weighted by molar-refractivity contribution is -0.141. The molecule has 162 valence electrons. The summed E-state index contributed by atoms with van der Waals surface area (Å²) in [5.74, 6) is 0.536. The smallest absolute Gasteiger partial charge is 0.263 e. The van der Waals surface area contributed by atoms with Gasteiger partial charge in [-0.15, -0.1) is 0 Å². The van der Waals surface area contributed by atoms with Gasteiger partial charge in [-0.25, -0.2) is 8.42 Å². The van der Waals surface area contributed by atoms with Crippen LogP contribution in [-0.4, -0.2) is 68.1 Å². The summed E-state index contributed by atoms with van der Waals surface area (Å²) in [5, 5.41) is 0. The third-order valence-corrected chi connectivity index (χ3v) is 7.29. The van der Waals surface area contributed by atoms with E-state index in [0.29, 0.717) is 38.2 Å². The third-order valence-electron chi connectivity index (χ3n) is 5.89. The van der Waals surface area contributed by atoms with Crippen molar-refractivity contribution in [1.29, 1.82) is 0 Å². The topological polar surface area (TPSA) is 99.1 Å². The van der Waals surface area contributed by atoms with E-state index in [1.165, 1.54) is 0 Å². The van der Waals surface area contributed by atoms with Crippen molar-refractivity contribution in [2.75, 3.05) is 26.2 Å². The van der Waals surface area contributed by atoms with Crippen molar-refractivity contribution >= 4 is 27.7 Å². The summed E-state index contributed by atoms with van der Waals surface area (Å²) >= 11 is 0. The van der Waals surface area contributed by atoms with E-state index in [0.717, 1.165) is 25.7 Å². The van der Waals surface area contributed by atoms with Crippen LogP contribution in [0.5, 0.6) is 0 Å². The molecule has 1 aromatic carbocycles. The quantitative estimate of drug-likeness (QED) is 0.734. The van der Waals surface area contributed by atoms with E-state index < -0.39 is 16.1 Å². The SMILES string of the molecule is CCCCC(N=C1NS(=O)(=O)c2ccccc21)C(=O)N1CCN(C(=O)C2CC2)CC1. The number of carbonyl (C=O) groups excluding carboxylic acids is 2. The summed E-state index contributed by atoms with van der Waals surface area (Å²) < 4.78 is 27.2. The summed E-state index contributed by atoms with van der Waals surface area (Å²) in [6, 6.07) is 6.03. The maximum atomic E-state index is 13.2. The molecule has 2 aliphatic heterocycles. The first-order valence-electron chi connectivity index (χ1n) is 10.7. The van der Waals surface area contributed by atoms with Crippen molar-refractivity contribution in [1.82, 2.24) is 14.5 Å². The molecule has 8 nitrogen and oxygen atoms in total. The molecule has 0 radical (unpaired) electrons. The van der Waals surface area contributed by atoms with Crippen LogP contribution in [0, 0.1) is 5.92 Å². The zero-order chi connectivity index (χ0) is 21.3. The minimum Gasteiger partial charge on any atom is -0.339 e. The van der Waals surface area contributed by atoms with E-state index in [1.54, 1.807) is 29.2 Å². The number of aliphatic imine (C=N–C) groups is 1. The van der Waals surface area contributed by atoms with Crippen LogP contribution in [0.2, 0.25) is 0 Å². The molecule has 2 amide bonds. The van der Waals surface area contributed by atoms with Crippen LogP contribution in [0.15, 0.2) is 34.2 Å². The Labute approximate surface area is 177 Å². The molecule has 1 saturated heterocycles. The van der Waals surface area contributed by atoms with Gasteiger partial charge in [-0.2, -0.15) is 0 Å². The lowest BCUT2D eigenvalue weighted by Gasteiger charge is -2.36. The second kappa shape index (κ2) is 8.37. The molecule has 1 aliphatic carbocycles. The summed E-state index contributed by atoms with van der Waals surface area (Å²) in [6.07, 6.45) is 4.25. The van der Waals surface area contributed by atoms with Crippen LogP contribution in [0.4, 0.5) is 0 Å². The zero-order valence-electron chi connectivity index (χ0n) is 17.2. The fourth-order valence-electron chi connectivity index (χ4n) is 3.97. The van der Waals surface area contributed by atoms with Crippen molar-refractivity contribution in [3.05, 3.63) is 29.8 Å². The largest absolute Gasteiger partial charge is 0.339 e. The molecule has 0 spiro atoms. The second-order valence-corrected chi connectivity index (χ2v) is 9.81. The number of hydrogen-bond donors (Lipinski definition) is 1. The fourth-order valence-corrected chi connectivity index (χ4v) is 5.21. The highest BCUT2D eigenvalue weighted by Gasteiger charge is 2.37. The Morgan fingerprint density at radius 2 is 1.80 bits per heavy atom. The van der Waals surface area contributed by atoms with Crippen molar-refractivity contribution in [2.45, 2.75) is 50.0 Å². The highest BCUT2D eigenvalue weighted by atomic mass is 32.2. The number of nitrogens with one attached hydrogen (secondary N) is 1. The Hall–Kier alpha value is -2.42. The normalized spacial score (nSPS) is 22.5. The molecule has 2 fully saturated rings. The van der Waals surface area contributed by atoms with Gasteiger partial charge in [0.05, 0.1) is 4.90 Å². The average molecular weight is 433 g/mol. The van der Waals surface area contributed by atoms with Crippen LogP contribution in [-0.2, 0) is 19.6 Å². The van der Waals surface area contributed by atoms with Crippen LogP contribution in [0.3, 0.4) is 0 Å². The number of piperazine rings is 1. The molecule has 9 heteroatoms. The van der Waals surface area contributed by atoms with Gasteiger partial charge in [0.2, 0.25) is 11.8 Å². The van der Waals surface area contributed by atoms with Crippen LogP contribution >= 0.6 is 0 Å². The Morgan fingerprint density at radius 1 is 1.13 bits per heavy atom. The highest BCUT2D eigenvalue weighted by Crippen LogP contribution is 2.31. The number of sulfonamides is 1. The van der Waals surface area contributed by atoms with Crippen molar-refractivity contribution in [2.24, 2.45) is 10.9 Å². The van der Waals surface area contributed by atoms with Gasteiger partial charge in [0, 0.05) is 37.7 Å². The van der Waals surface area contributed by atoms with E-state index in [2.05, 4.69) is 9.71 Å². The number of hydrogen-bond acceptors (Lipinski definition) is 5. The van der Waals surface area contributed by atoms with E-state index in [4.69, 9.17) is 0 Å². The van der Waals surface area contributed by atoms with Gasteiger partial charge in [-0.05, 0) is 31.4 Å². The number of nitrogens with zero attached hydrogens (tertiary/aromatic N) is 3. The molecule has 30 heavy (non-hydrogen) atoms. The molecule has 0 bridgehead atoms. The lowest BCUT2D eigenvalue weighted by atomic mass is 10.1. The van der Waals surface area contributed by atoms with Crippen molar-refractivity contribution in [3.63, 3.8) is 0 Å². The van der Waals surface area contributed by atoms with Gasteiger partial charge in [0.1, 0.15) is 11.9 Å². The number of benzene rings is 1. The summed E-state index contributed by atoms with van der Waals surface area (Å²) in [5.41, 5.74) is 0.506. The minimum atomic E-state index is -3.64. The number of amidine groups is 1. The van der Waals surface area contributed by atoms with Crippen LogP contribution < -0.4 is 4.72 Å². The molecule has 3 aliphatic rings. The summed E-state index contributed by atoms with van der Waals surface area (Å²) in [4.78, 5) is 33.9. The van der Waals surface area contributed by atoms with E-state index >= 15 is 0 Å². The summed E-state index contributed by atoms with van der Waals surface area (Å²) in [7, 11) is -3.64. The number of amides is 2. The molecule has 1 atom stereocenters. The number of carbonyl (C=O) groups is 2. The van der Waals surface area contributed by atoms with Gasteiger partial charge < -0.3 is 9.80 Å². The standard InChI is InChI=1S/C21H28N4O4S/c1-2-3-7-17(22-19-16-6-4-5-8-18(16)30(28,29)23-19)21(27)25-13-11-24(12-14-25)20(26)15-9-10-15/h4-6,8,15,17H,2-3,7,9-14H2,1H3,(H,22,23). The lowest BCUT2D eigenvalue weighted by Crippen LogP contribution is -2.53. The third kappa shape index (κ3) is 4.21. The van der Waals surface area contributed by atoms with Crippen molar-refractivity contribution < 1.29 is 18.0 Å². The van der Waals surface area contributed by atoms with E-state index in [1.807, 2.05) is 11.8 Å². The predicted molar refractivity (Wildman–Crippen MR) is 112 cm³/mol. The second-order valence-electron chi connectivity index (χ2n) is 8.16. The fraction of sp³-hybridized carbons (Fsp3) is 0.571. The molecular formula is C21H28N4O4S. The van der Waals surface area contributed by atoms with Gasteiger partial charge in [0.15, 0.2) is 0 Å². The van der Waals surface area contributed by atoms with E-state index in [9.17, 15) is 18.0 Å². The minimum absolute atomic E-state index is 0.0990. The predicted octanol–water partition coefficient (Wildman–Crippen LogP) is 1.36. The molecule has 1 saturated carbocycles. The number of rotatable bonds is 6. The number of unbranched alkanes of at least 4 members (excludes halogenated alkanes) is 1. The molecule has 1 N–H and O–H groups in total. The van der Waals surface area contributed by atoms with E-state index in [-0.39, 0.29) is 28.5 Å². The first-order chi connectivity index (χ1) is 14.4. The maximum absolute atomic E-state index is 13.2. The Morgan fingerprint density at radius 3 is 2.47 bits per heavy atom. The van der Waals surface area contributed by atoms with Crippen LogP contribution in [0.25, 0.3) is 0 Å². The monoisotopic (exact) mass is 432 g/mol. The van der Waals surface area contributed by atoms with Crippen molar-refractivity contribution in [3.8, 4) is 0 Å². The molecule has 4 rings (SSSR count). The molecule has 1 unspecified atom stereocenters. The van der Waals surface area contributed by atoms with Gasteiger partial charge in [0.25, 0.3) is 10.0 Å². The molecular weight excluding hydrogens is 404 g/mol. The highest BCUT2D eigenvalue weighted by molar-refractivity contribution is 7.90. The van der Waals surface area contributed by atoms with Gasteiger partial charge in [-0.1, -0.05) is 31.9 Å². The number of fused-ring (bicyclic) bond motifs is 1. The van der Waals surface area contributed by atoms with Crippen LogP contribution in [0.1, 0.15) is 44.6 Å².